The molecule has 0 unspecified atom stereocenters. The average molecular weight is 545 g/mol. The van der Waals surface area contributed by atoms with Crippen LogP contribution in [0.25, 0.3) is 0 Å². The molecule has 0 bridgehead atoms. The van der Waals surface area contributed by atoms with Crippen molar-refractivity contribution in [3.63, 3.8) is 0 Å². The van der Waals surface area contributed by atoms with Crippen molar-refractivity contribution < 1.29 is 12.6 Å². The van der Waals surface area contributed by atoms with Crippen molar-refractivity contribution in [2.75, 3.05) is 31.3 Å². The van der Waals surface area contributed by atoms with Crippen LogP contribution in [-0.2, 0) is 14.3 Å². The van der Waals surface area contributed by atoms with Gasteiger partial charge in [0.25, 0.3) is 10.1 Å². The summed E-state index contributed by atoms with van der Waals surface area (Å²) in [6.45, 7) is 11.9. The maximum atomic E-state index is 11.8. The molecular formula is C31H61O3PS. The summed E-state index contributed by atoms with van der Waals surface area (Å²) in [7, 11) is -4.44. The summed E-state index contributed by atoms with van der Waals surface area (Å²) in [5.74, 6) is 0. The Labute approximate surface area is 227 Å². The van der Waals surface area contributed by atoms with Gasteiger partial charge in [0.1, 0.15) is 0 Å². The third-order valence-electron chi connectivity index (χ3n) is 7.26. The molecule has 3 nitrogen and oxygen atoms in total. The summed E-state index contributed by atoms with van der Waals surface area (Å²) in [5.41, 5.74) is 0. The quantitative estimate of drug-likeness (QED) is 0.0828. The minimum atomic E-state index is -3.56. The average Bonchev–Trinajstić information content (AvgIpc) is 2.90. The van der Waals surface area contributed by atoms with E-state index in [0.29, 0.717) is 0 Å². The predicted molar refractivity (Wildman–Crippen MR) is 165 cm³/mol. The Morgan fingerprint density at radius 1 is 0.556 bits per heavy atom. The number of hydrogen-bond acceptors (Lipinski definition) is 3. The van der Waals surface area contributed by atoms with Crippen molar-refractivity contribution in [1.29, 1.82) is 0 Å². The van der Waals surface area contributed by atoms with Gasteiger partial charge in [-0.2, -0.15) is 8.42 Å². The van der Waals surface area contributed by atoms with Crippen molar-refractivity contribution in [3.8, 4) is 0 Å². The number of rotatable bonds is 22. The summed E-state index contributed by atoms with van der Waals surface area (Å²) < 4.78 is 28.6. The second-order valence-electron chi connectivity index (χ2n) is 10.6. The minimum absolute atomic E-state index is 0.234. The first-order valence-corrected chi connectivity index (χ1v) is 19.6. The van der Waals surface area contributed by atoms with Gasteiger partial charge in [0.15, 0.2) is 0 Å². The molecule has 214 valence electrons. The molecule has 0 saturated carbocycles. The van der Waals surface area contributed by atoms with Crippen LogP contribution < -0.4 is 0 Å². The third-order valence-corrected chi connectivity index (χ3v) is 14.2. The molecule has 0 saturated heterocycles. The van der Waals surface area contributed by atoms with Gasteiger partial charge < -0.3 is 0 Å². The van der Waals surface area contributed by atoms with Gasteiger partial charge in [-0.05, 0) is 18.6 Å². The van der Waals surface area contributed by atoms with Crippen molar-refractivity contribution in [2.45, 2.75) is 136 Å². The van der Waals surface area contributed by atoms with Gasteiger partial charge in [-0.3, -0.25) is 4.18 Å². The van der Waals surface area contributed by atoms with E-state index in [2.05, 4.69) is 34.6 Å². The molecular weight excluding hydrogens is 483 g/mol. The topological polar surface area (TPSA) is 43.4 Å². The summed E-state index contributed by atoms with van der Waals surface area (Å²) in [6, 6.07) is 8.30. The summed E-state index contributed by atoms with van der Waals surface area (Å²) in [6.07, 6.45) is 26.2. The molecule has 0 aliphatic carbocycles. The van der Waals surface area contributed by atoms with Crippen molar-refractivity contribution in [3.05, 3.63) is 30.3 Å². The van der Waals surface area contributed by atoms with Crippen LogP contribution in [0.5, 0.6) is 0 Å². The summed E-state index contributed by atoms with van der Waals surface area (Å²) in [4.78, 5) is 0.234. The van der Waals surface area contributed by atoms with Gasteiger partial charge in [0.2, 0.25) is 0 Å². The first kappa shape index (κ1) is 35.6. The van der Waals surface area contributed by atoms with E-state index in [-0.39, 0.29) is 11.5 Å². The second-order valence-corrected chi connectivity index (χ2v) is 17.2. The number of benzene rings is 1. The monoisotopic (exact) mass is 544 g/mol. The van der Waals surface area contributed by atoms with Crippen LogP contribution >= 0.6 is 7.26 Å². The number of hydrogen-bond donors (Lipinski definition) is 0. The predicted octanol–water partition coefficient (Wildman–Crippen LogP) is 10.1. The fourth-order valence-corrected chi connectivity index (χ4v) is 11.7. The fraction of sp³-hybridized carbons (Fsp3) is 0.806. The molecule has 0 aliphatic rings. The molecule has 0 fully saturated rings. The summed E-state index contributed by atoms with van der Waals surface area (Å²) >= 11 is 0. The van der Waals surface area contributed by atoms with E-state index in [1.165, 1.54) is 77.0 Å². The normalized spacial score (nSPS) is 12.2. The third kappa shape index (κ3) is 17.9. The Morgan fingerprint density at radius 3 is 1.36 bits per heavy atom. The van der Waals surface area contributed by atoms with Gasteiger partial charge in [0.05, 0.1) is 11.5 Å². The van der Waals surface area contributed by atoms with Crippen LogP contribution in [0.1, 0.15) is 131 Å². The molecule has 0 aliphatic heterocycles. The van der Waals surface area contributed by atoms with Crippen LogP contribution in [-0.4, -0.2) is 39.7 Å². The van der Waals surface area contributed by atoms with E-state index in [4.69, 9.17) is 4.18 Å². The van der Waals surface area contributed by atoms with Crippen molar-refractivity contribution in [2.24, 2.45) is 0 Å². The van der Waals surface area contributed by atoms with Gasteiger partial charge in [-0.25, -0.2) is 0 Å². The maximum absolute atomic E-state index is 11.8. The van der Waals surface area contributed by atoms with E-state index in [1.807, 2.05) is 0 Å². The molecule has 1 rings (SSSR count). The van der Waals surface area contributed by atoms with Crippen LogP contribution in [0.3, 0.4) is 0 Å². The molecule has 0 atom stereocenters. The van der Waals surface area contributed by atoms with E-state index >= 15 is 0 Å². The van der Waals surface area contributed by atoms with Gasteiger partial charge in [-0.15, -0.1) is 0 Å². The fourth-order valence-electron chi connectivity index (χ4n) is 4.84. The summed E-state index contributed by atoms with van der Waals surface area (Å²) in [5, 5.41) is 0. The molecule has 36 heavy (non-hydrogen) atoms. The Morgan fingerprint density at radius 2 is 0.944 bits per heavy atom. The van der Waals surface area contributed by atoms with Gasteiger partial charge in [-0.1, -0.05) is 63.6 Å². The molecule has 0 radical (unpaired) electrons. The first-order chi connectivity index (χ1) is 17.4. The first-order valence-electron chi connectivity index (χ1n) is 15.4. The zero-order valence-corrected chi connectivity index (χ0v) is 26.5. The zero-order chi connectivity index (χ0) is 27.0. The molecule has 0 spiro atoms. The Balaban J connectivity index is 0.000000686. The molecule has 1 aromatic carbocycles. The standard InChI is InChI=1S/C16H37P.C15H24O3S/c1-5-9-13-17(14-10-6-2,15-11-7-3)16-12-8-4;1-2-3-4-5-6-7-11-14-18-19(16,17)15-12-9-8-10-13-15/h17H,5-16H2,1-4H3;8-10,12-13H,2-7,11,14H2,1H3. The zero-order valence-electron chi connectivity index (χ0n) is 24.7. The van der Waals surface area contributed by atoms with E-state index in [1.54, 1.807) is 55.0 Å². The number of unbranched alkanes of at least 4 members (excludes halogenated alkanes) is 10. The van der Waals surface area contributed by atoms with E-state index in [9.17, 15) is 8.42 Å². The molecule has 0 N–H and O–H groups in total. The van der Waals surface area contributed by atoms with Crippen molar-refractivity contribution >= 4 is 17.4 Å². The van der Waals surface area contributed by atoms with Crippen molar-refractivity contribution in [1.82, 2.24) is 0 Å². The molecule has 0 heterocycles. The molecule has 0 aromatic heterocycles. The SMILES string of the molecule is CCCCCCCCCOS(=O)(=O)c1ccccc1.CCCC[PH](CCCC)(CCCC)CCCC. The molecule has 1 aromatic rings. The Kier molecular flexibility index (Phi) is 23.4. The van der Waals surface area contributed by atoms with Crippen LogP contribution in [0, 0.1) is 0 Å². The van der Waals surface area contributed by atoms with E-state index < -0.39 is 17.4 Å². The van der Waals surface area contributed by atoms with Crippen LogP contribution in [0.4, 0.5) is 0 Å². The molecule has 0 amide bonds. The van der Waals surface area contributed by atoms with Gasteiger partial charge in [0, 0.05) is 0 Å². The second kappa shape index (κ2) is 23.7. The Bertz CT molecular complexity index is 654. The van der Waals surface area contributed by atoms with Crippen LogP contribution in [0.15, 0.2) is 35.2 Å². The van der Waals surface area contributed by atoms with Crippen LogP contribution in [0.2, 0.25) is 0 Å². The van der Waals surface area contributed by atoms with Gasteiger partial charge >= 0.3 is 111 Å². The Hall–Kier alpha value is -0.440. The van der Waals surface area contributed by atoms with E-state index in [0.717, 1.165) is 19.3 Å². The molecule has 5 heteroatoms.